The molecule has 0 aliphatic heterocycles. The van der Waals surface area contributed by atoms with Crippen LogP contribution in [0.15, 0.2) is 103 Å². The molecule has 156 valence electrons. The first-order valence-corrected chi connectivity index (χ1v) is 9.74. The lowest BCUT2D eigenvalue weighted by Gasteiger charge is -2.14. The maximum Gasteiger partial charge on any atom is 0.292 e. The van der Waals surface area contributed by atoms with Gasteiger partial charge in [0.2, 0.25) is 0 Å². The largest absolute Gasteiger partial charge is 1.00 e. The van der Waals surface area contributed by atoms with Crippen molar-refractivity contribution in [3.63, 3.8) is 0 Å². The molecule has 0 spiro atoms. The van der Waals surface area contributed by atoms with Crippen LogP contribution in [0.5, 0.6) is 11.5 Å². The van der Waals surface area contributed by atoms with Crippen molar-refractivity contribution in [2.75, 3.05) is 5.32 Å². The van der Waals surface area contributed by atoms with Crippen LogP contribution in [-0.4, -0.2) is 16.0 Å². The van der Waals surface area contributed by atoms with Crippen molar-refractivity contribution in [1.82, 2.24) is 4.58 Å². The van der Waals surface area contributed by atoms with Crippen LogP contribution >= 0.6 is 0 Å². The van der Waals surface area contributed by atoms with Gasteiger partial charge in [-0.1, -0.05) is 35.9 Å². The molecule has 3 N–H and O–H groups in total. The first-order chi connectivity index (χ1) is 14.6. The zero-order valence-electron chi connectivity index (χ0n) is 17.0. The molecule has 5 heteroatoms. The molecule has 0 bridgehead atoms. The lowest BCUT2D eigenvalue weighted by atomic mass is 10.1. The molecule has 4 rings (SSSR count). The summed E-state index contributed by atoms with van der Waals surface area (Å²) in [5, 5.41) is 23.1. The summed E-state index contributed by atoms with van der Waals surface area (Å²) in [6.07, 6.45) is 0. The highest BCUT2D eigenvalue weighted by Gasteiger charge is 2.21. The standard InChI is InChI=1S/C26H22N2O2.ClH/c1-19-7-9-21(10-8-19)27-26(20-5-3-2-4-6-20)28(22-11-15-24(29)16-12-22)23-13-17-25(30)18-14-23;/h2-18,29-30H,1H3;1H. The number of amidine groups is 1. The van der Waals surface area contributed by atoms with Crippen molar-refractivity contribution in [2.24, 2.45) is 0 Å². The van der Waals surface area contributed by atoms with E-state index in [0.29, 0.717) is 0 Å². The topological polar surface area (TPSA) is 55.5 Å². The third kappa shape index (κ3) is 5.24. The Labute approximate surface area is 188 Å². The second-order valence-electron chi connectivity index (χ2n) is 7.07. The highest BCUT2D eigenvalue weighted by atomic mass is 35.5. The van der Waals surface area contributed by atoms with Crippen LogP contribution in [0.1, 0.15) is 11.1 Å². The summed E-state index contributed by atoms with van der Waals surface area (Å²) in [5.41, 5.74) is 4.89. The number of phenols is 2. The van der Waals surface area contributed by atoms with Crippen LogP contribution in [0.25, 0.3) is 0 Å². The van der Waals surface area contributed by atoms with Crippen LogP contribution in [0.2, 0.25) is 0 Å². The van der Waals surface area contributed by atoms with Gasteiger partial charge in [-0.15, -0.1) is 0 Å². The Morgan fingerprint density at radius 3 is 1.61 bits per heavy atom. The Morgan fingerprint density at radius 2 is 1.13 bits per heavy atom. The molecule has 4 aromatic carbocycles. The van der Waals surface area contributed by atoms with Gasteiger partial charge < -0.3 is 22.6 Å². The van der Waals surface area contributed by atoms with Crippen molar-refractivity contribution in [1.29, 1.82) is 0 Å². The third-order valence-electron chi connectivity index (χ3n) is 4.80. The summed E-state index contributed by atoms with van der Waals surface area (Å²) < 4.78 is 2.06. The highest BCUT2D eigenvalue weighted by Crippen LogP contribution is 2.26. The zero-order chi connectivity index (χ0) is 20.9. The van der Waals surface area contributed by atoms with E-state index in [1.807, 2.05) is 66.7 Å². The number of rotatable bonds is 4. The Balaban J connectivity index is 0.00000272. The van der Waals surface area contributed by atoms with E-state index in [0.717, 1.165) is 28.5 Å². The van der Waals surface area contributed by atoms with E-state index in [2.05, 4.69) is 28.9 Å². The summed E-state index contributed by atoms with van der Waals surface area (Å²) in [5.74, 6) is 1.27. The predicted octanol–water partition coefficient (Wildman–Crippen LogP) is 2.80. The number of phenolic OH excluding ortho intramolecular Hbond substituents is 2. The number of anilines is 1. The summed E-state index contributed by atoms with van der Waals surface area (Å²) >= 11 is 0. The lowest BCUT2D eigenvalue weighted by Crippen LogP contribution is -3.00. The van der Waals surface area contributed by atoms with E-state index in [1.54, 1.807) is 24.3 Å². The first kappa shape index (κ1) is 21.9. The predicted molar refractivity (Wildman–Crippen MR) is 123 cm³/mol. The van der Waals surface area contributed by atoms with Crippen molar-refractivity contribution in [3.05, 3.63) is 114 Å². The fourth-order valence-electron chi connectivity index (χ4n) is 3.24. The smallest absolute Gasteiger partial charge is 0.292 e. The number of benzene rings is 4. The third-order valence-corrected chi connectivity index (χ3v) is 4.80. The number of aryl methyl sites for hydroxylation is 1. The average Bonchev–Trinajstić information content (AvgIpc) is 2.78. The van der Waals surface area contributed by atoms with E-state index >= 15 is 0 Å². The minimum absolute atomic E-state index is 0. The molecule has 4 aromatic rings. The molecule has 0 unspecified atom stereocenters. The maximum atomic E-state index is 9.79. The Hall–Kier alpha value is -3.76. The fourth-order valence-corrected chi connectivity index (χ4v) is 3.24. The normalized spacial score (nSPS) is 10.1. The summed E-state index contributed by atoms with van der Waals surface area (Å²) in [4.78, 5) is 0. The molecule has 4 nitrogen and oxygen atoms in total. The number of nitrogens with zero attached hydrogens (tertiary/aromatic N) is 1. The minimum Gasteiger partial charge on any atom is -1.00 e. The van der Waals surface area contributed by atoms with Gasteiger partial charge in [0.25, 0.3) is 5.84 Å². The van der Waals surface area contributed by atoms with Gasteiger partial charge in [-0.25, -0.2) is 5.32 Å². The fraction of sp³-hybridized carbons (Fsp3) is 0.0385. The maximum absolute atomic E-state index is 9.79. The molecule has 0 fully saturated rings. The van der Waals surface area contributed by atoms with Crippen molar-refractivity contribution in [3.8, 4) is 11.5 Å². The van der Waals surface area contributed by atoms with E-state index in [1.165, 1.54) is 5.56 Å². The van der Waals surface area contributed by atoms with Crippen LogP contribution in [-0.2, 0) is 0 Å². The van der Waals surface area contributed by atoms with E-state index in [4.69, 9.17) is 0 Å². The molecule has 0 radical (unpaired) electrons. The van der Waals surface area contributed by atoms with E-state index in [-0.39, 0.29) is 23.9 Å². The van der Waals surface area contributed by atoms with Gasteiger partial charge in [0.1, 0.15) is 28.6 Å². The molecule has 0 atom stereocenters. The molecule has 0 aliphatic rings. The summed E-state index contributed by atoms with van der Waals surface area (Å²) in [6.45, 7) is 2.06. The molecule has 0 heterocycles. The van der Waals surface area contributed by atoms with Gasteiger partial charge in [0.05, 0.1) is 5.56 Å². The monoisotopic (exact) mass is 430 g/mol. The Bertz CT molecular complexity index is 1110. The minimum atomic E-state index is 0. The number of hydrogen-bond donors (Lipinski definition) is 3. The van der Waals surface area contributed by atoms with Gasteiger partial charge in [-0.05, 0) is 79.7 Å². The van der Waals surface area contributed by atoms with Gasteiger partial charge >= 0.3 is 0 Å². The van der Waals surface area contributed by atoms with Crippen molar-refractivity contribution >= 4 is 22.9 Å². The number of nitrogens with one attached hydrogen (secondary N) is 1. The number of hydrogen-bond acceptors (Lipinski definition) is 2. The molecule has 0 saturated heterocycles. The van der Waals surface area contributed by atoms with Crippen LogP contribution < -0.4 is 22.3 Å². The van der Waals surface area contributed by atoms with Crippen molar-refractivity contribution in [2.45, 2.75) is 6.92 Å². The molecule has 31 heavy (non-hydrogen) atoms. The Morgan fingerprint density at radius 1 is 0.645 bits per heavy atom. The van der Waals surface area contributed by atoms with Gasteiger partial charge in [0.15, 0.2) is 0 Å². The quantitative estimate of drug-likeness (QED) is 0.265. The molecule has 0 amide bonds. The summed E-state index contributed by atoms with van der Waals surface area (Å²) in [7, 11) is 0. The second-order valence-corrected chi connectivity index (χ2v) is 7.07. The molecule has 0 aromatic heterocycles. The number of aromatic hydroxyl groups is 2. The number of halogens is 1. The van der Waals surface area contributed by atoms with Gasteiger partial charge in [-0.3, -0.25) is 0 Å². The van der Waals surface area contributed by atoms with E-state index in [9.17, 15) is 10.2 Å². The van der Waals surface area contributed by atoms with Crippen LogP contribution in [0, 0.1) is 6.92 Å². The second kappa shape index (κ2) is 9.83. The molecule has 0 aliphatic carbocycles. The Kier molecular flexibility index (Phi) is 6.96. The SMILES string of the molecule is Cc1ccc(NC(c2ccccc2)=[N+](c2ccc(O)cc2)c2ccc(O)cc2)cc1.[Cl-]. The molecule has 0 saturated carbocycles. The van der Waals surface area contributed by atoms with Gasteiger partial charge in [-0.2, -0.15) is 4.58 Å². The first-order valence-electron chi connectivity index (χ1n) is 9.74. The van der Waals surface area contributed by atoms with E-state index < -0.39 is 0 Å². The van der Waals surface area contributed by atoms with Crippen molar-refractivity contribution < 1.29 is 22.6 Å². The van der Waals surface area contributed by atoms with Crippen LogP contribution in [0.4, 0.5) is 17.1 Å². The molecular formula is C26H23ClN2O2. The molecular weight excluding hydrogens is 408 g/mol. The summed E-state index contributed by atoms with van der Waals surface area (Å²) in [6, 6.07) is 32.4. The van der Waals surface area contributed by atoms with Crippen LogP contribution in [0.3, 0.4) is 0 Å². The lowest BCUT2D eigenvalue weighted by molar-refractivity contribution is -0.00000805. The zero-order valence-corrected chi connectivity index (χ0v) is 17.8. The van der Waals surface area contributed by atoms with Gasteiger partial charge in [0, 0.05) is 0 Å². The highest BCUT2D eigenvalue weighted by molar-refractivity contribution is 6.11. The average molecular weight is 431 g/mol.